The molecule has 0 saturated heterocycles. The topological polar surface area (TPSA) is 58.0 Å². The van der Waals surface area contributed by atoms with Gasteiger partial charge in [0, 0.05) is 5.75 Å². The van der Waals surface area contributed by atoms with Crippen LogP contribution in [0.3, 0.4) is 0 Å². The van der Waals surface area contributed by atoms with E-state index in [4.69, 9.17) is 0 Å². The van der Waals surface area contributed by atoms with E-state index in [0.717, 1.165) is 27.4 Å². The number of aromatic nitrogens is 2. The molecule has 1 heterocycles. The van der Waals surface area contributed by atoms with Crippen LogP contribution in [0, 0.1) is 5.92 Å². The zero-order chi connectivity index (χ0) is 13.7. The van der Waals surface area contributed by atoms with E-state index in [9.17, 15) is 5.11 Å². The number of rotatable bonds is 9. The first-order valence-electron chi connectivity index (χ1n) is 6.60. The zero-order valence-corrected chi connectivity index (χ0v) is 13.8. The van der Waals surface area contributed by atoms with Crippen LogP contribution in [-0.4, -0.2) is 46.0 Å². The van der Waals surface area contributed by atoms with Crippen molar-refractivity contribution in [3.63, 3.8) is 0 Å². The Balaban J connectivity index is 1.95. The number of aliphatic hydroxyl groups excluding tert-OH is 1. The van der Waals surface area contributed by atoms with Gasteiger partial charge in [0.05, 0.1) is 12.1 Å². The molecule has 0 amide bonds. The van der Waals surface area contributed by atoms with Gasteiger partial charge in [0.15, 0.2) is 8.68 Å². The summed E-state index contributed by atoms with van der Waals surface area (Å²) in [6.45, 7) is 3.33. The van der Waals surface area contributed by atoms with Gasteiger partial charge in [-0.15, -0.1) is 10.2 Å². The maximum Gasteiger partial charge on any atom is 0.175 e. The highest BCUT2D eigenvalue weighted by Gasteiger charge is 2.44. The normalized spacial score (nSPS) is 18.5. The number of nitrogens with one attached hydrogen (secondary N) is 1. The molecule has 1 aliphatic carbocycles. The van der Waals surface area contributed by atoms with Crippen LogP contribution in [0.5, 0.6) is 0 Å². The molecule has 0 aromatic carbocycles. The van der Waals surface area contributed by atoms with Crippen molar-refractivity contribution in [2.75, 3.05) is 25.2 Å². The third-order valence-corrected chi connectivity index (χ3v) is 6.67. The highest BCUT2D eigenvalue weighted by Crippen LogP contribution is 2.42. The summed E-state index contributed by atoms with van der Waals surface area (Å²) in [5, 5.41) is 21.7. The molecule has 0 spiro atoms. The van der Waals surface area contributed by atoms with E-state index in [1.807, 2.05) is 6.26 Å². The highest BCUT2D eigenvalue weighted by molar-refractivity contribution is 8.03. The molecule has 0 aliphatic heterocycles. The fourth-order valence-electron chi connectivity index (χ4n) is 2.08. The standard InChI is InChI=1S/C12H21N3OS3/c1-3-6-13-12(7-16,9-4-5-9)8-18-11-15-14-10(17-2)19-11/h9,13,16H,3-8H2,1-2H3. The molecular weight excluding hydrogens is 298 g/mol. The number of nitrogens with zero attached hydrogens (tertiary/aromatic N) is 2. The molecular formula is C12H21N3OS3. The van der Waals surface area contributed by atoms with Gasteiger partial charge in [-0.05, 0) is 38.0 Å². The lowest BCUT2D eigenvalue weighted by atomic mass is 9.96. The molecule has 19 heavy (non-hydrogen) atoms. The molecule has 108 valence electrons. The van der Waals surface area contributed by atoms with Crippen molar-refractivity contribution in [2.45, 2.75) is 40.4 Å². The lowest BCUT2D eigenvalue weighted by molar-refractivity contribution is 0.159. The number of hydrogen-bond acceptors (Lipinski definition) is 7. The van der Waals surface area contributed by atoms with Crippen LogP contribution >= 0.6 is 34.9 Å². The van der Waals surface area contributed by atoms with Crippen molar-refractivity contribution in [2.24, 2.45) is 5.92 Å². The highest BCUT2D eigenvalue weighted by atomic mass is 32.2. The minimum Gasteiger partial charge on any atom is -0.394 e. The lowest BCUT2D eigenvalue weighted by Gasteiger charge is -2.33. The molecule has 1 atom stereocenters. The molecule has 1 unspecified atom stereocenters. The number of aliphatic hydroxyl groups is 1. The van der Waals surface area contributed by atoms with E-state index < -0.39 is 0 Å². The number of thioether (sulfide) groups is 2. The van der Waals surface area contributed by atoms with Gasteiger partial charge in [-0.25, -0.2) is 0 Å². The van der Waals surface area contributed by atoms with Gasteiger partial charge in [-0.3, -0.25) is 0 Å². The largest absolute Gasteiger partial charge is 0.394 e. The fraction of sp³-hybridized carbons (Fsp3) is 0.833. The second kappa shape index (κ2) is 7.26. The van der Waals surface area contributed by atoms with Crippen LogP contribution in [0.4, 0.5) is 0 Å². The van der Waals surface area contributed by atoms with E-state index in [1.165, 1.54) is 12.8 Å². The summed E-state index contributed by atoms with van der Waals surface area (Å²) in [6, 6.07) is 0. The van der Waals surface area contributed by atoms with E-state index in [-0.39, 0.29) is 12.1 Å². The first-order chi connectivity index (χ1) is 9.24. The van der Waals surface area contributed by atoms with Gasteiger partial charge in [0.25, 0.3) is 0 Å². The second-order valence-electron chi connectivity index (χ2n) is 4.84. The lowest BCUT2D eigenvalue weighted by Crippen LogP contribution is -2.53. The maximum absolute atomic E-state index is 9.83. The Kier molecular flexibility index (Phi) is 5.95. The van der Waals surface area contributed by atoms with Crippen molar-refractivity contribution in [3.8, 4) is 0 Å². The molecule has 1 aromatic rings. The SMILES string of the molecule is CCCNC(CO)(CSc1nnc(SC)s1)C1CC1. The molecule has 1 aromatic heterocycles. The van der Waals surface area contributed by atoms with E-state index in [1.54, 1.807) is 34.9 Å². The quantitative estimate of drug-likeness (QED) is 0.682. The molecule has 4 nitrogen and oxygen atoms in total. The molecule has 0 radical (unpaired) electrons. The Labute approximate surface area is 127 Å². The monoisotopic (exact) mass is 319 g/mol. The van der Waals surface area contributed by atoms with Crippen LogP contribution in [0.1, 0.15) is 26.2 Å². The first-order valence-corrected chi connectivity index (χ1v) is 9.63. The van der Waals surface area contributed by atoms with Gasteiger partial charge >= 0.3 is 0 Å². The van der Waals surface area contributed by atoms with Crippen LogP contribution in [-0.2, 0) is 0 Å². The van der Waals surface area contributed by atoms with E-state index in [2.05, 4.69) is 22.4 Å². The zero-order valence-electron chi connectivity index (χ0n) is 11.4. The third kappa shape index (κ3) is 4.07. The molecule has 7 heteroatoms. The average Bonchev–Trinajstić information content (AvgIpc) is 3.19. The Morgan fingerprint density at radius 3 is 2.68 bits per heavy atom. The Morgan fingerprint density at radius 1 is 1.42 bits per heavy atom. The number of hydrogen-bond donors (Lipinski definition) is 2. The summed E-state index contributed by atoms with van der Waals surface area (Å²) in [5.74, 6) is 1.49. The Morgan fingerprint density at radius 2 is 2.16 bits per heavy atom. The summed E-state index contributed by atoms with van der Waals surface area (Å²) in [6.07, 6.45) is 5.56. The maximum atomic E-state index is 9.83. The van der Waals surface area contributed by atoms with Crippen molar-refractivity contribution in [1.29, 1.82) is 0 Å². The Bertz CT molecular complexity index is 397. The van der Waals surface area contributed by atoms with Crippen molar-refractivity contribution in [1.82, 2.24) is 15.5 Å². The average molecular weight is 320 g/mol. The van der Waals surface area contributed by atoms with Crippen LogP contribution in [0.2, 0.25) is 0 Å². The molecule has 0 bridgehead atoms. The Hall–Kier alpha value is 0.180. The molecule has 1 aliphatic rings. The fourth-order valence-corrected chi connectivity index (χ4v) is 4.80. The van der Waals surface area contributed by atoms with Crippen molar-refractivity contribution < 1.29 is 5.11 Å². The van der Waals surface area contributed by atoms with Gasteiger partial charge in [0.1, 0.15) is 0 Å². The molecule has 1 saturated carbocycles. The summed E-state index contributed by atoms with van der Waals surface area (Å²) < 4.78 is 2.01. The second-order valence-corrected chi connectivity index (χ2v) is 8.10. The van der Waals surface area contributed by atoms with Gasteiger partial charge in [0.2, 0.25) is 0 Å². The van der Waals surface area contributed by atoms with Gasteiger partial charge < -0.3 is 10.4 Å². The van der Waals surface area contributed by atoms with Crippen LogP contribution in [0.15, 0.2) is 8.68 Å². The van der Waals surface area contributed by atoms with Crippen molar-refractivity contribution >= 4 is 34.9 Å². The van der Waals surface area contributed by atoms with E-state index in [0.29, 0.717) is 5.92 Å². The first kappa shape index (κ1) is 15.6. The van der Waals surface area contributed by atoms with Crippen LogP contribution in [0.25, 0.3) is 0 Å². The minimum atomic E-state index is -0.133. The van der Waals surface area contributed by atoms with Gasteiger partial charge in [-0.2, -0.15) is 0 Å². The minimum absolute atomic E-state index is 0.133. The van der Waals surface area contributed by atoms with Crippen LogP contribution < -0.4 is 5.32 Å². The molecule has 1 fully saturated rings. The molecule has 2 rings (SSSR count). The third-order valence-electron chi connectivity index (χ3n) is 3.38. The van der Waals surface area contributed by atoms with E-state index >= 15 is 0 Å². The van der Waals surface area contributed by atoms with Gasteiger partial charge in [-0.1, -0.05) is 41.8 Å². The summed E-state index contributed by atoms with van der Waals surface area (Å²) in [7, 11) is 0. The smallest absolute Gasteiger partial charge is 0.175 e. The van der Waals surface area contributed by atoms with Crippen molar-refractivity contribution in [3.05, 3.63) is 0 Å². The summed E-state index contributed by atoms with van der Waals surface area (Å²) in [5.41, 5.74) is -0.133. The summed E-state index contributed by atoms with van der Waals surface area (Å²) >= 11 is 4.98. The predicted octanol–water partition coefficient (Wildman–Crippen LogP) is 2.49. The predicted molar refractivity (Wildman–Crippen MR) is 83.2 cm³/mol. The summed E-state index contributed by atoms with van der Waals surface area (Å²) in [4.78, 5) is 0. The molecule has 2 N–H and O–H groups in total.